The fourth-order valence-corrected chi connectivity index (χ4v) is 0.929. The highest BCUT2D eigenvalue weighted by molar-refractivity contribution is 5.78. The molecule has 0 saturated carbocycles. The van der Waals surface area contributed by atoms with Gasteiger partial charge in [0.2, 0.25) is 0 Å². The lowest BCUT2D eigenvalue weighted by molar-refractivity contribution is 0.306. The van der Waals surface area contributed by atoms with Crippen LogP contribution in [0.1, 0.15) is 27.7 Å². The molecule has 0 aliphatic rings. The second-order valence-electron chi connectivity index (χ2n) is 3.43. The van der Waals surface area contributed by atoms with E-state index in [0.29, 0.717) is 17.9 Å². The molecule has 0 saturated heterocycles. The summed E-state index contributed by atoms with van der Waals surface area (Å²) < 4.78 is 0. The second kappa shape index (κ2) is 5.01. The van der Waals surface area contributed by atoms with E-state index in [2.05, 4.69) is 25.8 Å². The molecule has 0 amide bonds. The highest BCUT2D eigenvalue weighted by atomic mass is 15.2. The highest BCUT2D eigenvalue weighted by Crippen LogP contribution is 2.06. The van der Waals surface area contributed by atoms with Gasteiger partial charge in [0.25, 0.3) is 0 Å². The first-order valence-corrected chi connectivity index (χ1v) is 4.53. The van der Waals surface area contributed by atoms with Crippen molar-refractivity contribution in [3.63, 3.8) is 0 Å². The Morgan fingerprint density at radius 3 is 2.25 bits per heavy atom. The van der Waals surface area contributed by atoms with Crippen molar-refractivity contribution in [1.29, 1.82) is 0 Å². The molecule has 0 heterocycles. The fraction of sp³-hybridized carbons (Fsp3) is 0.889. The Balaban J connectivity index is 4.18. The van der Waals surface area contributed by atoms with Gasteiger partial charge in [-0.3, -0.25) is 4.99 Å². The van der Waals surface area contributed by atoms with Crippen molar-refractivity contribution in [2.24, 2.45) is 16.6 Å². The van der Waals surface area contributed by atoms with Crippen molar-refractivity contribution in [2.45, 2.75) is 33.7 Å². The van der Waals surface area contributed by atoms with Crippen molar-refractivity contribution in [3.05, 3.63) is 0 Å². The summed E-state index contributed by atoms with van der Waals surface area (Å²) in [5.41, 5.74) is 5.74. The van der Waals surface area contributed by atoms with Gasteiger partial charge in [0, 0.05) is 19.6 Å². The van der Waals surface area contributed by atoms with Gasteiger partial charge in [-0.15, -0.1) is 0 Å². The molecule has 0 aromatic carbocycles. The van der Waals surface area contributed by atoms with Crippen LogP contribution in [0.4, 0.5) is 0 Å². The highest BCUT2D eigenvalue weighted by Gasteiger charge is 2.13. The van der Waals surface area contributed by atoms with Crippen LogP contribution in [0.3, 0.4) is 0 Å². The predicted octanol–water partition coefficient (Wildman–Crippen LogP) is 1.30. The zero-order valence-corrected chi connectivity index (χ0v) is 8.83. The number of guanidine groups is 1. The third-order valence-electron chi connectivity index (χ3n) is 2.26. The summed E-state index contributed by atoms with van der Waals surface area (Å²) in [7, 11) is 1.99. The van der Waals surface area contributed by atoms with Gasteiger partial charge in [0.1, 0.15) is 0 Å². The first-order chi connectivity index (χ1) is 5.50. The third kappa shape index (κ3) is 3.11. The molecule has 12 heavy (non-hydrogen) atoms. The first kappa shape index (κ1) is 11.3. The summed E-state index contributed by atoms with van der Waals surface area (Å²) in [6.45, 7) is 9.26. The fourth-order valence-electron chi connectivity index (χ4n) is 0.929. The van der Waals surface area contributed by atoms with E-state index in [1.807, 2.05) is 18.9 Å². The minimum absolute atomic E-state index is 0.445. The Morgan fingerprint density at radius 1 is 1.42 bits per heavy atom. The van der Waals surface area contributed by atoms with Gasteiger partial charge < -0.3 is 10.6 Å². The maximum Gasteiger partial charge on any atom is 0.191 e. The summed E-state index contributed by atoms with van der Waals surface area (Å²) >= 11 is 0. The Morgan fingerprint density at radius 2 is 1.92 bits per heavy atom. The van der Waals surface area contributed by atoms with Crippen LogP contribution in [-0.4, -0.2) is 30.5 Å². The first-order valence-electron chi connectivity index (χ1n) is 4.53. The van der Waals surface area contributed by atoms with E-state index in [1.54, 1.807) is 0 Å². The Hall–Kier alpha value is -0.730. The standard InChI is InChI=1S/C9H21N3/c1-6-11-9(10)12(5)8(4)7(2)3/h7-8H,6H2,1-5H3,(H2,10,11). The molecule has 1 atom stereocenters. The molecule has 0 radical (unpaired) electrons. The lowest BCUT2D eigenvalue weighted by atomic mass is 10.1. The lowest BCUT2D eigenvalue weighted by Crippen LogP contribution is -2.42. The van der Waals surface area contributed by atoms with Crippen LogP contribution in [0.15, 0.2) is 4.99 Å². The SMILES string of the molecule is CCN=C(N)N(C)C(C)C(C)C. The molecule has 2 N–H and O–H groups in total. The summed E-state index contributed by atoms with van der Waals surface area (Å²) in [6.07, 6.45) is 0. The van der Waals surface area contributed by atoms with Gasteiger partial charge >= 0.3 is 0 Å². The number of aliphatic imine (C=N–C) groups is 1. The summed E-state index contributed by atoms with van der Waals surface area (Å²) in [6, 6.07) is 0.445. The molecule has 0 aromatic heterocycles. The molecule has 0 aliphatic carbocycles. The largest absolute Gasteiger partial charge is 0.370 e. The van der Waals surface area contributed by atoms with E-state index in [1.165, 1.54) is 0 Å². The molecule has 0 bridgehead atoms. The minimum Gasteiger partial charge on any atom is -0.370 e. The average molecular weight is 171 g/mol. The Kier molecular flexibility index (Phi) is 4.71. The minimum atomic E-state index is 0.445. The molecule has 0 spiro atoms. The predicted molar refractivity (Wildman–Crippen MR) is 54.2 cm³/mol. The molecule has 0 rings (SSSR count). The van der Waals surface area contributed by atoms with Gasteiger partial charge in [0.15, 0.2) is 5.96 Å². The smallest absolute Gasteiger partial charge is 0.191 e. The number of rotatable bonds is 3. The molecule has 3 heteroatoms. The van der Waals surface area contributed by atoms with E-state index >= 15 is 0 Å². The maximum atomic E-state index is 5.74. The van der Waals surface area contributed by atoms with E-state index in [4.69, 9.17) is 5.73 Å². The maximum absolute atomic E-state index is 5.74. The Labute approximate surface area is 75.7 Å². The molecule has 1 unspecified atom stereocenters. The summed E-state index contributed by atoms with van der Waals surface area (Å²) in [5, 5.41) is 0. The van der Waals surface area contributed by atoms with E-state index < -0.39 is 0 Å². The van der Waals surface area contributed by atoms with Gasteiger partial charge in [-0.25, -0.2) is 0 Å². The van der Waals surface area contributed by atoms with Crippen LogP contribution in [-0.2, 0) is 0 Å². The van der Waals surface area contributed by atoms with Crippen molar-refractivity contribution < 1.29 is 0 Å². The van der Waals surface area contributed by atoms with Gasteiger partial charge in [0.05, 0.1) is 0 Å². The van der Waals surface area contributed by atoms with Gasteiger partial charge in [-0.2, -0.15) is 0 Å². The molecule has 3 nitrogen and oxygen atoms in total. The zero-order chi connectivity index (χ0) is 9.72. The number of nitrogens with two attached hydrogens (primary N) is 1. The average Bonchev–Trinajstić information content (AvgIpc) is 2.02. The second-order valence-corrected chi connectivity index (χ2v) is 3.43. The summed E-state index contributed by atoms with van der Waals surface area (Å²) in [5.74, 6) is 1.24. The lowest BCUT2D eigenvalue weighted by Gasteiger charge is -2.28. The van der Waals surface area contributed by atoms with Crippen LogP contribution < -0.4 is 5.73 Å². The monoisotopic (exact) mass is 171 g/mol. The number of hydrogen-bond donors (Lipinski definition) is 1. The van der Waals surface area contributed by atoms with Crippen molar-refractivity contribution >= 4 is 5.96 Å². The number of nitrogens with zero attached hydrogens (tertiary/aromatic N) is 2. The zero-order valence-electron chi connectivity index (χ0n) is 8.83. The summed E-state index contributed by atoms with van der Waals surface area (Å²) in [4.78, 5) is 6.17. The van der Waals surface area contributed by atoms with Crippen LogP contribution in [0, 0.1) is 5.92 Å². The molecule has 0 fully saturated rings. The number of hydrogen-bond acceptors (Lipinski definition) is 1. The van der Waals surface area contributed by atoms with E-state index in [-0.39, 0.29) is 0 Å². The van der Waals surface area contributed by atoms with Gasteiger partial charge in [-0.1, -0.05) is 13.8 Å². The topological polar surface area (TPSA) is 41.6 Å². The van der Waals surface area contributed by atoms with Crippen LogP contribution in [0.25, 0.3) is 0 Å². The molecular weight excluding hydrogens is 150 g/mol. The molecule has 72 valence electrons. The molecule has 0 aliphatic heterocycles. The van der Waals surface area contributed by atoms with Crippen molar-refractivity contribution in [3.8, 4) is 0 Å². The van der Waals surface area contributed by atoms with Crippen LogP contribution in [0.2, 0.25) is 0 Å². The van der Waals surface area contributed by atoms with Crippen LogP contribution in [0.5, 0.6) is 0 Å². The third-order valence-corrected chi connectivity index (χ3v) is 2.26. The van der Waals surface area contributed by atoms with Crippen molar-refractivity contribution in [1.82, 2.24) is 4.90 Å². The normalized spacial score (nSPS) is 15.0. The molecular formula is C9H21N3. The Bertz CT molecular complexity index is 152. The van der Waals surface area contributed by atoms with E-state index in [9.17, 15) is 0 Å². The molecule has 0 aromatic rings. The van der Waals surface area contributed by atoms with E-state index in [0.717, 1.165) is 6.54 Å². The van der Waals surface area contributed by atoms with Crippen molar-refractivity contribution in [2.75, 3.05) is 13.6 Å². The quantitative estimate of drug-likeness (QED) is 0.513. The van der Waals surface area contributed by atoms with Gasteiger partial charge in [-0.05, 0) is 19.8 Å². The van der Waals surface area contributed by atoms with Crippen LogP contribution >= 0.6 is 0 Å².